The van der Waals surface area contributed by atoms with Crippen LogP contribution in [0.3, 0.4) is 0 Å². The van der Waals surface area contributed by atoms with E-state index >= 15 is 0 Å². The van der Waals surface area contributed by atoms with Crippen molar-refractivity contribution >= 4 is 15.9 Å². The summed E-state index contributed by atoms with van der Waals surface area (Å²) in [4.78, 5) is 0. The molecule has 0 aliphatic carbocycles. The Labute approximate surface area is 87.8 Å². The molecular weight excluding hydrogens is 230 g/mol. The first-order chi connectivity index (χ1) is 6.20. The minimum Gasteiger partial charge on any atom is -0.468 e. The zero-order valence-electron chi connectivity index (χ0n) is 8.14. The van der Waals surface area contributed by atoms with Crippen LogP contribution in [0.15, 0.2) is 21.2 Å². The van der Waals surface area contributed by atoms with Crippen LogP contribution in [-0.2, 0) is 6.42 Å². The van der Waals surface area contributed by atoms with E-state index in [-0.39, 0.29) is 0 Å². The fourth-order valence-corrected chi connectivity index (χ4v) is 1.50. The van der Waals surface area contributed by atoms with Crippen LogP contribution in [0.1, 0.15) is 19.6 Å². The first kappa shape index (κ1) is 10.8. The fraction of sp³-hybridized carbons (Fsp3) is 0.600. The number of hydrogen-bond acceptors (Lipinski definition) is 2. The van der Waals surface area contributed by atoms with Crippen LogP contribution >= 0.6 is 15.9 Å². The van der Waals surface area contributed by atoms with E-state index in [0.29, 0.717) is 5.92 Å². The van der Waals surface area contributed by atoms with Gasteiger partial charge in [0.1, 0.15) is 5.76 Å². The van der Waals surface area contributed by atoms with E-state index in [2.05, 4.69) is 35.1 Å². The molecule has 0 fully saturated rings. The van der Waals surface area contributed by atoms with E-state index in [1.54, 1.807) is 6.26 Å². The molecule has 1 heterocycles. The van der Waals surface area contributed by atoms with Crippen molar-refractivity contribution in [1.29, 1.82) is 0 Å². The van der Waals surface area contributed by atoms with E-state index in [1.165, 1.54) is 0 Å². The van der Waals surface area contributed by atoms with Crippen LogP contribution in [0.2, 0.25) is 0 Å². The summed E-state index contributed by atoms with van der Waals surface area (Å²) < 4.78 is 6.35. The highest BCUT2D eigenvalue weighted by atomic mass is 79.9. The molecule has 1 N–H and O–H groups in total. The standard InChI is InChI=1S/C10H16BrNO/c1-8(2)7-12-5-3-10-9(11)4-6-13-10/h4,6,8,12H,3,5,7H2,1-2H3. The van der Waals surface area contributed by atoms with Crippen LogP contribution < -0.4 is 5.32 Å². The molecule has 0 radical (unpaired) electrons. The van der Waals surface area contributed by atoms with Crippen molar-refractivity contribution in [1.82, 2.24) is 5.32 Å². The molecule has 0 aromatic carbocycles. The van der Waals surface area contributed by atoms with Crippen molar-refractivity contribution in [2.45, 2.75) is 20.3 Å². The number of halogens is 1. The van der Waals surface area contributed by atoms with Gasteiger partial charge in [0.25, 0.3) is 0 Å². The van der Waals surface area contributed by atoms with Gasteiger partial charge >= 0.3 is 0 Å². The zero-order valence-corrected chi connectivity index (χ0v) is 9.73. The Bertz CT molecular complexity index is 245. The highest BCUT2D eigenvalue weighted by molar-refractivity contribution is 9.10. The SMILES string of the molecule is CC(C)CNCCc1occc1Br. The molecule has 0 saturated heterocycles. The lowest BCUT2D eigenvalue weighted by atomic mass is 10.2. The molecule has 0 bridgehead atoms. The lowest BCUT2D eigenvalue weighted by Gasteiger charge is -2.05. The molecule has 3 heteroatoms. The topological polar surface area (TPSA) is 25.2 Å². The summed E-state index contributed by atoms with van der Waals surface area (Å²) in [5, 5.41) is 3.37. The molecule has 0 atom stereocenters. The summed E-state index contributed by atoms with van der Waals surface area (Å²) in [6, 6.07) is 1.93. The molecule has 0 spiro atoms. The molecule has 0 amide bonds. The van der Waals surface area contributed by atoms with Crippen LogP contribution in [0.5, 0.6) is 0 Å². The third kappa shape index (κ3) is 3.96. The Morgan fingerprint density at radius 3 is 2.85 bits per heavy atom. The Hall–Kier alpha value is -0.280. The van der Waals surface area contributed by atoms with Crippen molar-refractivity contribution in [3.05, 3.63) is 22.6 Å². The molecule has 0 unspecified atom stereocenters. The minimum atomic E-state index is 0.708. The third-order valence-corrected chi connectivity index (χ3v) is 2.48. The average molecular weight is 246 g/mol. The molecule has 1 aromatic heterocycles. The van der Waals surface area contributed by atoms with Gasteiger partial charge in [-0.1, -0.05) is 13.8 Å². The largest absolute Gasteiger partial charge is 0.468 e. The van der Waals surface area contributed by atoms with Gasteiger partial charge in [0.05, 0.1) is 10.7 Å². The lowest BCUT2D eigenvalue weighted by Crippen LogP contribution is -2.22. The van der Waals surface area contributed by atoms with E-state index in [1.807, 2.05) is 6.07 Å². The van der Waals surface area contributed by atoms with Gasteiger partial charge in [-0.15, -0.1) is 0 Å². The van der Waals surface area contributed by atoms with E-state index < -0.39 is 0 Å². The summed E-state index contributed by atoms with van der Waals surface area (Å²) in [6.07, 6.45) is 2.65. The minimum absolute atomic E-state index is 0.708. The second-order valence-corrected chi connectivity index (χ2v) is 4.39. The second kappa shape index (κ2) is 5.45. The molecule has 0 saturated carbocycles. The molecule has 1 aromatic rings. The van der Waals surface area contributed by atoms with Crippen LogP contribution in [0.4, 0.5) is 0 Å². The number of nitrogens with one attached hydrogen (secondary N) is 1. The highest BCUT2D eigenvalue weighted by Crippen LogP contribution is 2.17. The molecule has 0 aliphatic heterocycles. The molecular formula is C10H16BrNO. The van der Waals surface area contributed by atoms with Gasteiger partial charge < -0.3 is 9.73 Å². The molecule has 13 heavy (non-hydrogen) atoms. The Morgan fingerprint density at radius 1 is 1.54 bits per heavy atom. The number of rotatable bonds is 5. The fourth-order valence-electron chi connectivity index (χ4n) is 1.10. The summed E-state index contributed by atoms with van der Waals surface area (Å²) in [5.41, 5.74) is 0. The maximum atomic E-state index is 5.28. The zero-order chi connectivity index (χ0) is 9.68. The summed E-state index contributed by atoms with van der Waals surface area (Å²) in [5.74, 6) is 1.73. The van der Waals surface area contributed by atoms with Gasteiger partial charge in [0, 0.05) is 13.0 Å². The first-order valence-electron chi connectivity index (χ1n) is 4.62. The van der Waals surface area contributed by atoms with Gasteiger partial charge in [-0.3, -0.25) is 0 Å². The maximum absolute atomic E-state index is 5.28. The normalized spacial score (nSPS) is 11.1. The van der Waals surface area contributed by atoms with Crippen molar-refractivity contribution in [3.8, 4) is 0 Å². The predicted octanol–water partition coefficient (Wildman–Crippen LogP) is 2.83. The Kier molecular flexibility index (Phi) is 4.53. The third-order valence-electron chi connectivity index (χ3n) is 1.77. The summed E-state index contributed by atoms with van der Waals surface area (Å²) >= 11 is 3.43. The summed E-state index contributed by atoms with van der Waals surface area (Å²) in [7, 11) is 0. The molecule has 1 rings (SSSR count). The van der Waals surface area contributed by atoms with Gasteiger partial charge in [-0.2, -0.15) is 0 Å². The van der Waals surface area contributed by atoms with Gasteiger partial charge in [0.2, 0.25) is 0 Å². The van der Waals surface area contributed by atoms with Crippen LogP contribution in [0.25, 0.3) is 0 Å². The Morgan fingerprint density at radius 2 is 2.31 bits per heavy atom. The van der Waals surface area contributed by atoms with E-state index in [0.717, 1.165) is 29.7 Å². The van der Waals surface area contributed by atoms with E-state index in [4.69, 9.17) is 4.42 Å². The second-order valence-electron chi connectivity index (χ2n) is 3.54. The quantitative estimate of drug-likeness (QED) is 0.808. The van der Waals surface area contributed by atoms with Gasteiger partial charge in [-0.25, -0.2) is 0 Å². The van der Waals surface area contributed by atoms with Crippen LogP contribution in [0, 0.1) is 5.92 Å². The van der Waals surface area contributed by atoms with Crippen LogP contribution in [-0.4, -0.2) is 13.1 Å². The smallest absolute Gasteiger partial charge is 0.119 e. The van der Waals surface area contributed by atoms with Crippen molar-refractivity contribution in [2.75, 3.05) is 13.1 Å². The van der Waals surface area contributed by atoms with Crippen molar-refractivity contribution in [2.24, 2.45) is 5.92 Å². The van der Waals surface area contributed by atoms with E-state index in [9.17, 15) is 0 Å². The predicted molar refractivity (Wildman–Crippen MR) is 57.8 cm³/mol. The monoisotopic (exact) mass is 245 g/mol. The maximum Gasteiger partial charge on any atom is 0.119 e. The summed E-state index contributed by atoms with van der Waals surface area (Å²) in [6.45, 7) is 6.45. The molecule has 2 nitrogen and oxygen atoms in total. The average Bonchev–Trinajstić information content (AvgIpc) is 2.45. The first-order valence-corrected chi connectivity index (χ1v) is 5.42. The van der Waals surface area contributed by atoms with Gasteiger partial charge in [0.15, 0.2) is 0 Å². The highest BCUT2D eigenvalue weighted by Gasteiger charge is 2.02. The lowest BCUT2D eigenvalue weighted by molar-refractivity contribution is 0.485. The van der Waals surface area contributed by atoms with Gasteiger partial charge in [-0.05, 0) is 34.5 Å². The Balaban J connectivity index is 2.17. The number of furan rings is 1. The van der Waals surface area contributed by atoms with Crippen molar-refractivity contribution in [3.63, 3.8) is 0 Å². The van der Waals surface area contributed by atoms with Crippen molar-refractivity contribution < 1.29 is 4.42 Å². The molecule has 0 aliphatic rings. The number of hydrogen-bond donors (Lipinski definition) is 1. The molecule has 74 valence electrons.